The molecule has 1 fully saturated rings. The summed E-state index contributed by atoms with van der Waals surface area (Å²) in [6.07, 6.45) is 2.33. The number of hydrogen-bond donors (Lipinski definition) is 1. The normalized spacial score (nSPS) is 20.7. The third kappa shape index (κ3) is 2.94. The smallest absolute Gasteiger partial charge is 0.227 e. The predicted molar refractivity (Wildman–Crippen MR) is 79.9 cm³/mol. The maximum Gasteiger partial charge on any atom is 0.227 e. The van der Waals surface area contributed by atoms with Crippen LogP contribution in [0.25, 0.3) is 0 Å². The first-order valence-corrected chi connectivity index (χ1v) is 7.64. The molecule has 1 saturated heterocycles. The van der Waals surface area contributed by atoms with Crippen LogP contribution in [-0.2, 0) is 11.2 Å². The van der Waals surface area contributed by atoms with Crippen molar-refractivity contribution in [1.82, 2.24) is 4.90 Å². The Morgan fingerprint density at radius 2 is 2.19 bits per heavy atom. The average molecular weight is 311 g/mol. The number of nitrogens with two attached hydrogens (primary N) is 1. The minimum absolute atomic E-state index is 0.0932. The Labute approximate surface area is 128 Å². The van der Waals surface area contributed by atoms with Crippen LogP contribution in [0.15, 0.2) is 12.1 Å². The molecule has 5 nitrogen and oxygen atoms in total. The molecular weight excluding hydrogens is 292 g/mol. The average Bonchev–Trinajstić information content (AvgIpc) is 2.96. The summed E-state index contributed by atoms with van der Waals surface area (Å²) in [6.45, 7) is 2.31. The topological polar surface area (TPSA) is 64.8 Å². The van der Waals surface area contributed by atoms with E-state index in [0.717, 1.165) is 24.9 Å². The van der Waals surface area contributed by atoms with Crippen molar-refractivity contribution >= 4 is 17.5 Å². The zero-order chi connectivity index (χ0) is 14.8. The molecular formula is C15H19ClN2O3. The van der Waals surface area contributed by atoms with Crippen LogP contribution in [0.5, 0.6) is 11.5 Å². The van der Waals surface area contributed by atoms with Crippen molar-refractivity contribution in [2.45, 2.75) is 25.3 Å². The molecule has 2 aliphatic heterocycles. The Bertz CT molecular complexity index is 550. The molecule has 2 heterocycles. The molecule has 1 unspecified atom stereocenters. The highest BCUT2D eigenvalue weighted by atomic mass is 35.5. The lowest BCUT2D eigenvalue weighted by molar-refractivity contribution is -0.131. The molecule has 1 atom stereocenters. The van der Waals surface area contributed by atoms with E-state index in [1.807, 2.05) is 11.0 Å². The Balaban J connectivity index is 1.75. The molecule has 0 aliphatic carbocycles. The number of ether oxygens (including phenoxy) is 2. The highest BCUT2D eigenvalue weighted by Gasteiger charge is 2.28. The van der Waals surface area contributed by atoms with Crippen molar-refractivity contribution in [2.24, 2.45) is 5.73 Å². The highest BCUT2D eigenvalue weighted by molar-refractivity contribution is 6.32. The lowest BCUT2D eigenvalue weighted by Gasteiger charge is -2.24. The van der Waals surface area contributed by atoms with E-state index in [1.165, 1.54) is 0 Å². The van der Waals surface area contributed by atoms with Gasteiger partial charge in [-0.25, -0.2) is 0 Å². The van der Waals surface area contributed by atoms with E-state index in [-0.39, 0.29) is 11.9 Å². The van der Waals surface area contributed by atoms with E-state index in [1.54, 1.807) is 6.07 Å². The summed E-state index contributed by atoms with van der Waals surface area (Å²) < 4.78 is 11.0. The number of likely N-dealkylation sites (tertiary alicyclic amines) is 1. The molecule has 3 rings (SSSR count). The first-order chi connectivity index (χ1) is 10.2. The largest absolute Gasteiger partial charge is 0.486 e. The fourth-order valence-corrected chi connectivity index (χ4v) is 3.24. The van der Waals surface area contributed by atoms with Crippen LogP contribution in [0.1, 0.15) is 18.4 Å². The van der Waals surface area contributed by atoms with Gasteiger partial charge in [-0.2, -0.15) is 0 Å². The number of halogens is 1. The molecule has 0 saturated carbocycles. The van der Waals surface area contributed by atoms with E-state index in [9.17, 15) is 4.79 Å². The monoisotopic (exact) mass is 310 g/mol. The molecule has 0 bridgehead atoms. The number of benzene rings is 1. The van der Waals surface area contributed by atoms with Gasteiger partial charge in [0.1, 0.15) is 13.2 Å². The third-order valence-corrected chi connectivity index (χ3v) is 4.26. The zero-order valence-electron chi connectivity index (χ0n) is 11.8. The van der Waals surface area contributed by atoms with Gasteiger partial charge in [0.05, 0.1) is 11.4 Å². The number of carbonyl (C=O) groups is 1. The molecule has 2 aliphatic rings. The molecule has 6 heteroatoms. The van der Waals surface area contributed by atoms with Gasteiger partial charge in [-0.1, -0.05) is 11.6 Å². The molecule has 1 aromatic rings. The summed E-state index contributed by atoms with van der Waals surface area (Å²) in [6, 6.07) is 3.79. The molecule has 0 spiro atoms. The fourth-order valence-electron chi connectivity index (χ4n) is 2.95. The molecule has 1 amide bonds. The van der Waals surface area contributed by atoms with Gasteiger partial charge in [0.15, 0.2) is 11.5 Å². The van der Waals surface area contributed by atoms with Crippen LogP contribution in [0.3, 0.4) is 0 Å². The van der Waals surface area contributed by atoms with Gasteiger partial charge in [0.25, 0.3) is 0 Å². The Kier molecular flexibility index (Phi) is 4.22. The lowest BCUT2D eigenvalue weighted by Crippen LogP contribution is -2.40. The van der Waals surface area contributed by atoms with Crippen LogP contribution in [0.4, 0.5) is 0 Å². The molecule has 21 heavy (non-hydrogen) atoms. The molecule has 114 valence electrons. The number of nitrogens with zero attached hydrogens (tertiary/aromatic N) is 1. The Morgan fingerprint density at radius 1 is 1.38 bits per heavy atom. The van der Waals surface area contributed by atoms with Crippen LogP contribution in [0.2, 0.25) is 5.02 Å². The Hall–Kier alpha value is -1.46. The van der Waals surface area contributed by atoms with E-state index in [0.29, 0.717) is 42.7 Å². The standard InChI is InChI=1S/C15H19ClN2O3/c16-12-6-10(7-13-15(12)21-5-4-20-13)8-14(19)18-3-1-2-11(18)9-17/h6-7,11H,1-5,8-9,17H2. The van der Waals surface area contributed by atoms with Crippen molar-refractivity contribution in [2.75, 3.05) is 26.3 Å². The van der Waals surface area contributed by atoms with Gasteiger partial charge in [-0.15, -0.1) is 0 Å². The minimum Gasteiger partial charge on any atom is -0.486 e. The zero-order valence-corrected chi connectivity index (χ0v) is 12.6. The van der Waals surface area contributed by atoms with Gasteiger partial charge in [-0.05, 0) is 30.5 Å². The van der Waals surface area contributed by atoms with Crippen LogP contribution < -0.4 is 15.2 Å². The van der Waals surface area contributed by atoms with E-state index in [2.05, 4.69) is 0 Å². The SMILES string of the molecule is NCC1CCCN1C(=O)Cc1cc(Cl)c2c(c1)OCCO2. The van der Waals surface area contributed by atoms with Gasteiger partial charge in [0.2, 0.25) is 5.91 Å². The fraction of sp³-hybridized carbons (Fsp3) is 0.533. The van der Waals surface area contributed by atoms with Crippen molar-refractivity contribution in [3.8, 4) is 11.5 Å². The second kappa shape index (κ2) is 6.12. The highest BCUT2D eigenvalue weighted by Crippen LogP contribution is 2.38. The maximum atomic E-state index is 12.4. The minimum atomic E-state index is 0.0932. The van der Waals surface area contributed by atoms with Gasteiger partial charge in [-0.3, -0.25) is 4.79 Å². The summed E-state index contributed by atoms with van der Waals surface area (Å²) in [5.74, 6) is 1.28. The van der Waals surface area contributed by atoms with Crippen LogP contribution in [-0.4, -0.2) is 43.2 Å². The summed E-state index contributed by atoms with van der Waals surface area (Å²) in [7, 11) is 0. The van der Waals surface area contributed by atoms with Crippen LogP contribution in [0, 0.1) is 0 Å². The van der Waals surface area contributed by atoms with E-state index < -0.39 is 0 Å². The first kappa shape index (κ1) is 14.5. The van der Waals surface area contributed by atoms with Crippen molar-refractivity contribution in [3.63, 3.8) is 0 Å². The summed E-state index contributed by atoms with van der Waals surface area (Å²) in [5, 5.41) is 0.492. The van der Waals surface area contributed by atoms with Gasteiger partial charge in [0, 0.05) is 19.1 Å². The molecule has 0 radical (unpaired) electrons. The molecule has 1 aromatic carbocycles. The third-order valence-electron chi connectivity index (χ3n) is 3.98. The van der Waals surface area contributed by atoms with Gasteiger partial charge >= 0.3 is 0 Å². The van der Waals surface area contributed by atoms with Crippen LogP contribution >= 0.6 is 11.6 Å². The number of fused-ring (bicyclic) bond motifs is 1. The number of amides is 1. The predicted octanol–water partition coefficient (Wildman–Crippen LogP) is 1.60. The first-order valence-electron chi connectivity index (χ1n) is 7.26. The number of hydrogen-bond acceptors (Lipinski definition) is 4. The second-order valence-corrected chi connectivity index (χ2v) is 5.80. The summed E-state index contributed by atoms with van der Waals surface area (Å²) in [4.78, 5) is 14.3. The lowest BCUT2D eigenvalue weighted by atomic mass is 10.1. The van der Waals surface area contributed by atoms with Gasteiger partial charge < -0.3 is 20.1 Å². The van der Waals surface area contributed by atoms with Crippen molar-refractivity contribution in [1.29, 1.82) is 0 Å². The second-order valence-electron chi connectivity index (χ2n) is 5.40. The van der Waals surface area contributed by atoms with Crippen molar-refractivity contribution < 1.29 is 14.3 Å². The number of rotatable bonds is 3. The molecule has 0 aromatic heterocycles. The number of carbonyl (C=O) groups excluding carboxylic acids is 1. The summed E-state index contributed by atoms with van der Waals surface area (Å²) in [5.41, 5.74) is 6.56. The van der Waals surface area contributed by atoms with E-state index in [4.69, 9.17) is 26.8 Å². The van der Waals surface area contributed by atoms with E-state index >= 15 is 0 Å². The Morgan fingerprint density at radius 3 is 3.00 bits per heavy atom. The summed E-state index contributed by atoms with van der Waals surface area (Å²) >= 11 is 6.20. The quantitative estimate of drug-likeness (QED) is 0.921. The van der Waals surface area contributed by atoms with Crippen molar-refractivity contribution in [3.05, 3.63) is 22.7 Å². The molecule has 2 N–H and O–H groups in total. The maximum absolute atomic E-state index is 12.4.